The van der Waals surface area contributed by atoms with Gasteiger partial charge in [-0.1, -0.05) is 38.5 Å². The van der Waals surface area contributed by atoms with Crippen molar-refractivity contribution in [3.8, 4) is 46.0 Å². The molecule has 4 aromatic carbocycles. The van der Waals surface area contributed by atoms with E-state index in [1.54, 1.807) is 52.7 Å². The maximum absolute atomic E-state index is 10.5. The standard InChI is InChI=1S/C64H88N8O12/c1-77-47-25-37(21-17-33(47)29-73)81-53-51-52(54(82-38-22-18-34(30-74)48(26-38)78-2)56(84-40-24-20-36(32-76)50(28-40)80-4)55(53)83-39-23-19-35(31-75)49(27-39)79-3)64-71-62-46-16-10-8-14-44(46)60(69-62)67-58-42-12-6-5-11-41(42)57(65-58)66-59-43-13-7-9-15-45(43)61(68-59)70-63(51)72-64/h17-28,41-46,51-76H,5-16,29-32H2,1-4H3. The summed E-state index contributed by atoms with van der Waals surface area (Å²) < 4.78 is 53.8. The molecule has 5 aliphatic heterocycles. The van der Waals surface area contributed by atoms with Gasteiger partial charge in [-0.15, -0.1) is 0 Å². The molecule has 4 saturated carbocycles. The molecule has 9 fully saturated rings. The summed E-state index contributed by atoms with van der Waals surface area (Å²) in [6.45, 7) is -0.940. The first kappa shape index (κ1) is 57.9. The highest BCUT2D eigenvalue weighted by Crippen LogP contribution is 2.50. The lowest BCUT2D eigenvalue weighted by Crippen LogP contribution is -2.69. The predicted octanol–water partition coefficient (Wildman–Crippen LogP) is 4.84. The monoisotopic (exact) mass is 1160 g/mol. The lowest BCUT2D eigenvalue weighted by molar-refractivity contribution is -0.150. The third kappa shape index (κ3) is 11.1. The summed E-state index contributed by atoms with van der Waals surface area (Å²) in [6.07, 6.45) is 9.88. The number of hydrogen-bond acceptors (Lipinski definition) is 20. The maximum Gasteiger partial charge on any atom is 0.176 e. The Morgan fingerprint density at radius 1 is 0.310 bits per heavy atom. The van der Waals surface area contributed by atoms with Gasteiger partial charge in [0.15, 0.2) is 12.2 Å². The van der Waals surface area contributed by atoms with Crippen LogP contribution in [0.2, 0.25) is 0 Å². The Labute approximate surface area is 493 Å². The molecule has 20 heteroatoms. The molecule has 13 rings (SSSR count). The maximum atomic E-state index is 10.5. The summed E-state index contributed by atoms with van der Waals surface area (Å²) in [7, 11) is 6.32. The Hall–Kier alpha value is -5.20. The van der Waals surface area contributed by atoms with Crippen molar-refractivity contribution in [2.75, 3.05) is 28.4 Å². The second kappa shape index (κ2) is 25.3. The van der Waals surface area contributed by atoms with Crippen molar-refractivity contribution in [3.63, 3.8) is 0 Å². The second-order valence-electron chi connectivity index (χ2n) is 25.0. The Bertz CT molecular complexity index is 2720. The van der Waals surface area contributed by atoms with Crippen LogP contribution in [0.4, 0.5) is 0 Å². The molecule has 84 heavy (non-hydrogen) atoms. The molecule has 9 aliphatic rings. The summed E-state index contributed by atoms with van der Waals surface area (Å²) in [5.74, 6) is 5.34. The molecule has 0 radical (unpaired) electrons. The van der Waals surface area contributed by atoms with Crippen molar-refractivity contribution < 1.29 is 58.3 Å². The average Bonchev–Trinajstić information content (AvgIpc) is 3.96. The number of benzene rings is 4. The van der Waals surface area contributed by atoms with E-state index in [2.05, 4.69) is 42.5 Å². The number of hydrogen-bond donors (Lipinski definition) is 12. The summed E-state index contributed by atoms with van der Waals surface area (Å²) in [4.78, 5) is 0. The fraction of sp³-hybridized carbons (Fsp3) is 0.625. The second-order valence-corrected chi connectivity index (χ2v) is 25.0. The zero-order valence-electron chi connectivity index (χ0n) is 48.8. The van der Waals surface area contributed by atoms with E-state index in [4.69, 9.17) is 37.9 Å². The van der Waals surface area contributed by atoms with E-state index < -0.39 is 48.6 Å². The van der Waals surface area contributed by atoms with Crippen LogP contribution in [0.5, 0.6) is 46.0 Å². The Morgan fingerprint density at radius 3 is 0.750 bits per heavy atom. The van der Waals surface area contributed by atoms with Crippen molar-refractivity contribution >= 4 is 0 Å². The first-order chi connectivity index (χ1) is 41.2. The number of nitrogens with one attached hydrogen (secondary N) is 8. The van der Waals surface area contributed by atoms with Crippen molar-refractivity contribution in [2.24, 2.45) is 47.3 Å². The minimum Gasteiger partial charge on any atom is -0.496 e. The van der Waals surface area contributed by atoms with Gasteiger partial charge in [0.1, 0.15) is 58.2 Å². The van der Waals surface area contributed by atoms with Crippen LogP contribution in [0.25, 0.3) is 0 Å². The Kier molecular flexibility index (Phi) is 17.4. The Balaban J connectivity index is 1.00. The first-order valence-electron chi connectivity index (χ1n) is 31.1. The zero-order valence-corrected chi connectivity index (χ0v) is 48.8. The number of methoxy groups -OCH3 is 4. The largest absolute Gasteiger partial charge is 0.496 e. The molecule has 20 atom stereocenters. The van der Waals surface area contributed by atoms with E-state index in [-0.39, 0.29) is 63.4 Å². The third-order valence-electron chi connectivity index (χ3n) is 20.8. The van der Waals surface area contributed by atoms with E-state index in [9.17, 15) is 20.4 Å². The lowest BCUT2D eigenvalue weighted by Gasteiger charge is -2.50. The zero-order chi connectivity index (χ0) is 57.6. The minimum atomic E-state index is -0.982. The molecule has 4 aliphatic carbocycles. The molecule has 0 aromatic heterocycles. The highest BCUT2D eigenvalue weighted by molar-refractivity contribution is 5.44. The highest BCUT2D eigenvalue weighted by Gasteiger charge is 2.65. The van der Waals surface area contributed by atoms with E-state index >= 15 is 0 Å². The van der Waals surface area contributed by atoms with Gasteiger partial charge < -0.3 is 58.3 Å². The quantitative estimate of drug-likeness (QED) is 0.0718. The summed E-state index contributed by atoms with van der Waals surface area (Å²) in [6, 6.07) is 21.8. The lowest BCUT2D eigenvalue weighted by atomic mass is 9.71. The molecule has 0 amide bonds. The molecular formula is C64H88N8O12. The fourth-order valence-corrected chi connectivity index (χ4v) is 16.9. The molecule has 5 heterocycles. The minimum absolute atomic E-state index is 0.0752. The van der Waals surface area contributed by atoms with Gasteiger partial charge in [-0.25, -0.2) is 0 Å². The van der Waals surface area contributed by atoms with E-state index in [0.29, 0.717) is 104 Å². The third-order valence-corrected chi connectivity index (χ3v) is 20.8. The first-order valence-corrected chi connectivity index (χ1v) is 31.1. The van der Waals surface area contributed by atoms with Gasteiger partial charge in [-0.05, 0) is 123 Å². The smallest absolute Gasteiger partial charge is 0.176 e. The van der Waals surface area contributed by atoms with Gasteiger partial charge >= 0.3 is 0 Å². The molecule has 5 saturated heterocycles. The average molecular weight is 1160 g/mol. The van der Waals surface area contributed by atoms with E-state index in [1.807, 2.05) is 48.5 Å². The van der Waals surface area contributed by atoms with E-state index in [1.165, 1.54) is 38.5 Å². The number of fused-ring (bicyclic) bond motifs is 20. The van der Waals surface area contributed by atoms with Crippen LogP contribution in [0.1, 0.15) is 99.3 Å². The van der Waals surface area contributed by atoms with Gasteiger partial charge in [0.2, 0.25) is 0 Å². The fourth-order valence-electron chi connectivity index (χ4n) is 16.9. The van der Waals surface area contributed by atoms with Crippen molar-refractivity contribution in [3.05, 3.63) is 95.1 Å². The van der Waals surface area contributed by atoms with Crippen LogP contribution in [0.3, 0.4) is 0 Å². The molecule has 456 valence electrons. The molecule has 20 unspecified atom stereocenters. The SMILES string of the molecule is COc1cc(OC2C(Oc3ccc(CO)c(OC)c3)C(Oc3ccc(CO)c(OC)c3)C3C4NC5NC(NC6NC(NC7NC(NC(N4)C3C2Oc2ccc(CO)c(OC)c2)C2CCCCC72)C2CCCCC62)C2CCCCC52)ccc1CO. The molecular weight excluding hydrogens is 1070 g/mol. The van der Waals surface area contributed by atoms with Gasteiger partial charge in [-0.3, -0.25) is 42.5 Å². The number of aliphatic hydroxyl groups excluding tert-OH is 4. The van der Waals surface area contributed by atoms with Crippen molar-refractivity contribution in [1.82, 2.24) is 42.5 Å². The summed E-state index contributed by atoms with van der Waals surface area (Å²) >= 11 is 0. The van der Waals surface area contributed by atoms with Crippen LogP contribution in [0.15, 0.2) is 72.8 Å². The van der Waals surface area contributed by atoms with Gasteiger partial charge in [0.25, 0.3) is 0 Å². The highest BCUT2D eigenvalue weighted by atomic mass is 16.6. The summed E-state index contributed by atoms with van der Waals surface area (Å²) in [5.41, 5.74) is 2.41. The van der Waals surface area contributed by atoms with Crippen molar-refractivity contribution in [1.29, 1.82) is 0 Å². The van der Waals surface area contributed by atoms with Crippen LogP contribution in [-0.2, 0) is 26.4 Å². The molecule has 0 spiro atoms. The van der Waals surface area contributed by atoms with Gasteiger partial charge in [0.05, 0.1) is 104 Å². The van der Waals surface area contributed by atoms with Crippen LogP contribution >= 0.6 is 0 Å². The molecule has 20 nitrogen and oxygen atoms in total. The predicted molar refractivity (Wildman–Crippen MR) is 312 cm³/mol. The van der Waals surface area contributed by atoms with Crippen LogP contribution in [-0.4, -0.2) is 123 Å². The number of aliphatic hydroxyl groups is 4. The summed E-state index contributed by atoms with van der Waals surface area (Å²) in [5, 5.41) is 76.0. The number of rotatable bonds is 16. The topological polar surface area (TPSA) is 251 Å². The molecule has 8 bridgehead atoms. The molecule has 4 aromatic rings. The Morgan fingerprint density at radius 2 is 0.524 bits per heavy atom. The number of ether oxygens (including phenoxy) is 8. The molecule has 12 N–H and O–H groups in total. The van der Waals surface area contributed by atoms with Crippen LogP contribution < -0.4 is 80.4 Å². The van der Waals surface area contributed by atoms with Crippen molar-refractivity contribution in [2.45, 2.75) is 177 Å². The normalized spacial score (nSPS) is 36.8. The van der Waals surface area contributed by atoms with Gasteiger partial charge in [-0.2, -0.15) is 0 Å². The van der Waals surface area contributed by atoms with E-state index in [0.717, 1.165) is 38.5 Å². The van der Waals surface area contributed by atoms with Gasteiger partial charge in [0, 0.05) is 58.4 Å². The van der Waals surface area contributed by atoms with Crippen LogP contribution in [0, 0.1) is 47.3 Å².